The van der Waals surface area contributed by atoms with E-state index in [1.165, 1.54) is 247 Å². The van der Waals surface area contributed by atoms with Gasteiger partial charge in [-0.1, -0.05) is 117 Å². The molecule has 0 amide bonds. The standard InChI is InChI=1S/C52H78N2S4.6CH3.2Sn/c1-3-5-7-9-11-13-15-17-19-21-23-25-27-29-31-33-35-43-37-39-55-49(43)51-53-45-41-48-46(42-47(45)57-51)54-52(58-48)50-44(38-40-56-50)36-34-32-30-28-26-24-22-20-18-16-14-12-10-8-6-4-2;;;;;;;;/h37-38,41-42H,3-36H2,1-2H3;6*1H3;;. The molecule has 0 radical (unpaired) electrons. The summed E-state index contributed by atoms with van der Waals surface area (Å²) in [5.41, 5.74) is 5.46. The molecule has 4 aromatic heterocycles. The molecule has 0 spiro atoms. The van der Waals surface area contributed by atoms with E-state index >= 15 is 0 Å². The number of benzene rings is 1. The number of aromatic nitrogens is 2. The molecule has 4 heterocycles. The van der Waals surface area contributed by atoms with Gasteiger partial charge in [0.25, 0.3) is 0 Å². The predicted molar refractivity (Wildman–Crippen MR) is 312 cm³/mol. The van der Waals surface area contributed by atoms with Crippen LogP contribution in [0, 0.1) is 0 Å². The second kappa shape index (κ2) is 31.5. The molecule has 0 bridgehead atoms. The fourth-order valence-corrected chi connectivity index (χ4v) is 24.8. The molecular weight excluding hydrogens is 1090 g/mol. The number of hydrogen-bond acceptors (Lipinski definition) is 6. The molecular formula is C58H96N2S4Sn2. The molecule has 1 aromatic carbocycles. The molecule has 0 unspecified atom stereocenters. The maximum atomic E-state index is 5.40. The van der Waals surface area contributed by atoms with Gasteiger partial charge in [-0.2, -0.15) is 0 Å². The van der Waals surface area contributed by atoms with Crippen molar-refractivity contribution in [3.8, 4) is 19.8 Å². The molecule has 0 fully saturated rings. The summed E-state index contributed by atoms with van der Waals surface area (Å²) in [5.74, 6) is 0. The van der Waals surface area contributed by atoms with Crippen LogP contribution in [0.2, 0.25) is 29.6 Å². The topological polar surface area (TPSA) is 25.8 Å². The summed E-state index contributed by atoms with van der Waals surface area (Å²) >= 11 is 3.53. The maximum absolute atomic E-state index is 5.40. The van der Waals surface area contributed by atoms with Crippen LogP contribution in [0.3, 0.4) is 0 Å². The van der Waals surface area contributed by atoms with Gasteiger partial charge in [0.05, 0.1) is 0 Å². The molecule has 66 heavy (non-hydrogen) atoms. The van der Waals surface area contributed by atoms with Crippen LogP contribution in [-0.2, 0) is 12.8 Å². The van der Waals surface area contributed by atoms with Crippen LogP contribution in [-0.4, -0.2) is 46.7 Å². The van der Waals surface area contributed by atoms with Gasteiger partial charge in [0.2, 0.25) is 0 Å². The van der Waals surface area contributed by atoms with Crippen molar-refractivity contribution in [3.63, 3.8) is 0 Å². The van der Waals surface area contributed by atoms with E-state index in [0.717, 1.165) is 11.0 Å². The van der Waals surface area contributed by atoms with E-state index in [9.17, 15) is 0 Å². The average molecular weight is 1190 g/mol. The first-order valence-corrected chi connectivity index (χ1v) is 51.2. The summed E-state index contributed by atoms with van der Waals surface area (Å²) in [5, 5.41) is 2.48. The zero-order valence-corrected chi connectivity index (χ0v) is 52.9. The summed E-state index contributed by atoms with van der Waals surface area (Å²) in [6.07, 6.45) is 47.9. The number of fused-ring (bicyclic) bond motifs is 2. The van der Waals surface area contributed by atoms with Crippen molar-refractivity contribution in [3.05, 3.63) is 35.4 Å². The molecule has 0 saturated heterocycles. The van der Waals surface area contributed by atoms with Gasteiger partial charge in [-0.25, -0.2) is 0 Å². The van der Waals surface area contributed by atoms with E-state index in [2.05, 4.69) is 90.4 Å². The number of thiazole rings is 2. The van der Waals surface area contributed by atoms with Crippen molar-refractivity contribution in [2.24, 2.45) is 0 Å². The summed E-state index contributed by atoms with van der Waals surface area (Å²) < 4.78 is 5.98. The van der Waals surface area contributed by atoms with Crippen molar-refractivity contribution in [2.75, 3.05) is 0 Å². The van der Waals surface area contributed by atoms with E-state index in [-0.39, 0.29) is 0 Å². The predicted octanol–water partition coefficient (Wildman–Crippen LogP) is 21.1. The summed E-state index contributed by atoms with van der Waals surface area (Å²) in [6, 6.07) is 9.97. The van der Waals surface area contributed by atoms with Crippen LogP contribution in [0.15, 0.2) is 24.3 Å². The molecule has 0 N–H and O–H groups in total. The van der Waals surface area contributed by atoms with Crippen molar-refractivity contribution < 1.29 is 0 Å². The number of unbranched alkanes of at least 4 members (excludes halogenated alkanes) is 30. The van der Waals surface area contributed by atoms with Crippen molar-refractivity contribution in [1.29, 1.82) is 0 Å². The monoisotopic (exact) mass is 1190 g/mol. The molecule has 370 valence electrons. The van der Waals surface area contributed by atoms with E-state index in [4.69, 9.17) is 9.97 Å². The Balaban J connectivity index is 1.09. The Morgan fingerprint density at radius 1 is 0.333 bits per heavy atom. The third-order valence-electron chi connectivity index (χ3n) is 14.0. The van der Waals surface area contributed by atoms with Gasteiger partial charge < -0.3 is 0 Å². The van der Waals surface area contributed by atoms with Gasteiger partial charge in [-0.15, -0.1) is 0 Å². The molecule has 2 nitrogen and oxygen atoms in total. The molecule has 0 aliphatic rings. The second-order valence-electron chi connectivity index (χ2n) is 22.4. The molecule has 0 saturated carbocycles. The molecule has 8 heteroatoms. The molecule has 5 rings (SSSR count). The number of rotatable bonds is 38. The first kappa shape index (κ1) is 56.9. The summed E-state index contributed by atoms with van der Waals surface area (Å²) in [7, 11) is 0. The van der Waals surface area contributed by atoms with Crippen molar-refractivity contribution >= 4 is 108 Å². The number of thiophene rings is 2. The Labute approximate surface area is 430 Å². The van der Waals surface area contributed by atoms with Gasteiger partial charge in [-0.3, -0.25) is 0 Å². The van der Waals surface area contributed by atoms with Gasteiger partial charge in [0.15, 0.2) is 0 Å². The zero-order valence-electron chi connectivity index (χ0n) is 43.9. The van der Waals surface area contributed by atoms with Crippen molar-refractivity contribution in [2.45, 2.75) is 262 Å². The van der Waals surface area contributed by atoms with Gasteiger partial charge in [0, 0.05) is 0 Å². The minimum absolute atomic E-state index is 1.16. The Hall–Kier alpha value is -0.00260. The van der Waals surface area contributed by atoms with Gasteiger partial charge in [0.1, 0.15) is 0 Å². The Kier molecular flexibility index (Phi) is 27.1. The normalized spacial score (nSPS) is 12.5. The molecule has 0 aliphatic heterocycles. The van der Waals surface area contributed by atoms with Gasteiger partial charge >= 0.3 is 319 Å². The Bertz CT molecular complexity index is 1860. The van der Waals surface area contributed by atoms with Crippen LogP contribution in [0.25, 0.3) is 40.2 Å². The molecule has 5 aromatic rings. The van der Waals surface area contributed by atoms with Crippen molar-refractivity contribution in [1.82, 2.24) is 9.97 Å². The van der Waals surface area contributed by atoms with Crippen LogP contribution >= 0.6 is 45.3 Å². The van der Waals surface area contributed by atoms with Crippen LogP contribution < -0.4 is 5.79 Å². The summed E-state index contributed by atoms with van der Waals surface area (Å²) in [6.45, 7) is 4.62. The number of aryl methyl sites for hydroxylation is 2. The fourth-order valence-electron chi connectivity index (χ4n) is 9.60. The average Bonchev–Trinajstić information content (AvgIpc) is 4.09. The van der Waals surface area contributed by atoms with E-state index in [1.807, 2.05) is 22.7 Å². The Morgan fingerprint density at radius 3 is 0.848 bits per heavy atom. The van der Waals surface area contributed by atoms with Crippen LogP contribution in [0.4, 0.5) is 0 Å². The van der Waals surface area contributed by atoms with Gasteiger partial charge in [-0.05, 0) is 0 Å². The molecule has 0 atom stereocenters. The first-order chi connectivity index (χ1) is 32.0. The first-order valence-electron chi connectivity index (χ1n) is 28.0. The number of nitrogens with zero attached hydrogens (tertiary/aromatic N) is 2. The van der Waals surface area contributed by atoms with Crippen LogP contribution in [0.5, 0.6) is 0 Å². The third-order valence-corrected chi connectivity index (χ3v) is 37.5. The van der Waals surface area contributed by atoms with E-state index in [0.29, 0.717) is 0 Å². The van der Waals surface area contributed by atoms with Crippen LogP contribution in [0.1, 0.15) is 230 Å². The zero-order chi connectivity index (χ0) is 47.0. The Morgan fingerprint density at radius 2 is 0.591 bits per heavy atom. The quantitative estimate of drug-likeness (QED) is 0.0291. The second-order valence-corrected chi connectivity index (χ2v) is 57.4. The molecule has 0 aliphatic carbocycles. The fraction of sp³-hybridized carbons (Fsp3) is 0.724. The SMILES string of the molecule is CCCCCCCCCCCCCCCCCCc1c[c]([Sn]([CH3])([CH3])[CH3])sc1-c1nc2cc3sc(-c4s[c]([Sn]([CH3])([CH3])[CH3])cc4CCCCCCCCCCCCCCCCCC)nc3cc2s1. The van der Waals surface area contributed by atoms with E-state index in [1.54, 1.807) is 16.9 Å². The van der Waals surface area contributed by atoms with E-state index < -0.39 is 36.8 Å². The minimum atomic E-state index is -2.23. The summed E-state index contributed by atoms with van der Waals surface area (Å²) in [4.78, 5) is 29.2. The number of hydrogen-bond donors (Lipinski definition) is 0. The third kappa shape index (κ3) is 20.2.